The molecule has 0 aliphatic rings. The van der Waals surface area contributed by atoms with E-state index in [0.29, 0.717) is 11.7 Å². The summed E-state index contributed by atoms with van der Waals surface area (Å²) in [5.41, 5.74) is 2.13. The Labute approximate surface area is 143 Å². The third-order valence-electron chi connectivity index (χ3n) is 3.60. The highest BCUT2D eigenvalue weighted by molar-refractivity contribution is 5.90. The zero-order chi connectivity index (χ0) is 17.8. The summed E-state index contributed by atoms with van der Waals surface area (Å²) in [5, 5.41) is 2.45. The number of nitrogens with one attached hydrogen (secondary N) is 1. The zero-order valence-corrected chi connectivity index (χ0v) is 13.6. The van der Waals surface area contributed by atoms with E-state index < -0.39 is 11.6 Å². The van der Waals surface area contributed by atoms with E-state index >= 15 is 0 Å². The van der Waals surface area contributed by atoms with Crippen LogP contribution in [-0.4, -0.2) is 10.9 Å². The van der Waals surface area contributed by atoms with Gasteiger partial charge in [-0.1, -0.05) is 29.8 Å². The molecule has 1 N–H and O–H groups in total. The summed E-state index contributed by atoms with van der Waals surface area (Å²) in [6.45, 7) is 2.00. The first-order valence-corrected chi connectivity index (χ1v) is 7.77. The fraction of sp³-hybridized carbons (Fsp3) is 0.158. The largest absolute Gasteiger partial charge is 0.441 e. The van der Waals surface area contributed by atoms with Crippen LogP contribution in [0, 0.1) is 18.6 Å². The number of oxazole rings is 1. The van der Waals surface area contributed by atoms with E-state index in [0.717, 1.165) is 29.3 Å². The molecule has 1 aromatic heterocycles. The van der Waals surface area contributed by atoms with Gasteiger partial charge in [-0.25, -0.2) is 13.8 Å². The Kier molecular flexibility index (Phi) is 4.88. The molecule has 0 atom stereocenters. The monoisotopic (exact) mass is 342 g/mol. The Hall–Kier alpha value is -3.02. The van der Waals surface area contributed by atoms with Gasteiger partial charge < -0.3 is 9.73 Å². The van der Waals surface area contributed by atoms with Crippen LogP contribution in [0.5, 0.6) is 0 Å². The summed E-state index contributed by atoms with van der Waals surface area (Å²) in [6.07, 6.45) is 1.99. The molecular formula is C19H16F2N2O2. The molecule has 2 aromatic carbocycles. The quantitative estimate of drug-likeness (QED) is 0.743. The van der Waals surface area contributed by atoms with Crippen molar-refractivity contribution in [1.29, 1.82) is 0 Å². The second kappa shape index (κ2) is 7.25. The predicted octanol–water partition coefficient (Wildman–Crippen LogP) is 4.50. The number of amides is 1. The lowest BCUT2D eigenvalue weighted by Gasteiger charge is -2.04. The van der Waals surface area contributed by atoms with Crippen LogP contribution in [0.25, 0.3) is 11.3 Å². The molecule has 0 saturated carbocycles. The predicted molar refractivity (Wildman–Crippen MR) is 90.0 cm³/mol. The van der Waals surface area contributed by atoms with E-state index in [1.807, 2.05) is 31.2 Å². The molecule has 128 valence electrons. The number of hydrogen-bond donors (Lipinski definition) is 1. The maximum Gasteiger partial charge on any atom is 0.224 e. The van der Waals surface area contributed by atoms with E-state index in [9.17, 15) is 13.6 Å². The first-order chi connectivity index (χ1) is 12.0. The van der Waals surface area contributed by atoms with Crippen molar-refractivity contribution < 1.29 is 18.0 Å². The topological polar surface area (TPSA) is 55.1 Å². The Bertz CT molecular complexity index is 868. The molecular weight excluding hydrogens is 326 g/mol. The van der Waals surface area contributed by atoms with Gasteiger partial charge in [0.1, 0.15) is 11.6 Å². The molecule has 25 heavy (non-hydrogen) atoms. The van der Waals surface area contributed by atoms with Crippen molar-refractivity contribution in [3.8, 4) is 11.3 Å². The number of aryl methyl sites for hydroxylation is 2. The van der Waals surface area contributed by atoms with Gasteiger partial charge in [0.2, 0.25) is 5.91 Å². The number of nitrogens with zero attached hydrogens (tertiary/aromatic N) is 1. The van der Waals surface area contributed by atoms with Gasteiger partial charge in [0.15, 0.2) is 11.7 Å². The average molecular weight is 342 g/mol. The Morgan fingerprint density at radius 3 is 2.48 bits per heavy atom. The van der Waals surface area contributed by atoms with Gasteiger partial charge in [0, 0.05) is 30.2 Å². The van der Waals surface area contributed by atoms with Gasteiger partial charge in [-0.05, 0) is 19.1 Å². The van der Waals surface area contributed by atoms with E-state index in [2.05, 4.69) is 10.3 Å². The second-order valence-electron chi connectivity index (χ2n) is 5.69. The number of rotatable bonds is 5. The zero-order valence-electron chi connectivity index (χ0n) is 13.6. The van der Waals surface area contributed by atoms with Crippen LogP contribution in [0.3, 0.4) is 0 Å². The third-order valence-corrected chi connectivity index (χ3v) is 3.60. The molecule has 0 saturated heterocycles. The summed E-state index contributed by atoms with van der Waals surface area (Å²) >= 11 is 0. The number of aromatic nitrogens is 1. The van der Waals surface area contributed by atoms with Gasteiger partial charge in [-0.15, -0.1) is 0 Å². The highest BCUT2D eigenvalue weighted by atomic mass is 19.1. The number of anilines is 1. The number of carbonyl (C=O) groups excluding carboxylic acids is 1. The lowest BCUT2D eigenvalue weighted by Crippen LogP contribution is -2.12. The summed E-state index contributed by atoms with van der Waals surface area (Å²) in [6, 6.07) is 10.7. The average Bonchev–Trinajstić information content (AvgIpc) is 3.01. The highest BCUT2D eigenvalue weighted by Gasteiger charge is 2.10. The molecule has 0 radical (unpaired) electrons. The molecule has 0 spiro atoms. The van der Waals surface area contributed by atoms with Crippen molar-refractivity contribution in [2.45, 2.75) is 19.8 Å². The van der Waals surface area contributed by atoms with Crippen molar-refractivity contribution >= 4 is 11.6 Å². The Morgan fingerprint density at radius 2 is 1.80 bits per heavy atom. The standard InChI is InChI=1S/C19H16F2N2O2/c1-12-2-4-13(5-3-12)17-11-22-19(25-17)7-6-18(24)23-16-9-14(20)8-15(21)10-16/h2-5,8-11H,6-7H2,1H3,(H,23,24). The lowest BCUT2D eigenvalue weighted by atomic mass is 10.1. The number of hydrogen-bond acceptors (Lipinski definition) is 3. The minimum absolute atomic E-state index is 0.0789. The van der Waals surface area contributed by atoms with Crippen molar-refractivity contribution in [2.24, 2.45) is 0 Å². The highest BCUT2D eigenvalue weighted by Crippen LogP contribution is 2.21. The molecule has 1 heterocycles. The van der Waals surface area contributed by atoms with E-state index in [1.165, 1.54) is 0 Å². The van der Waals surface area contributed by atoms with Crippen molar-refractivity contribution in [1.82, 2.24) is 4.98 Å². The van der Waals surface area contributed by atoms with E-state index in [4.69, 9.17) is 4.42 Å². The molecule has 0 aliphatic carbocycles. The Morgan fingerprint density at radius 1 is 1.12 bits per heavy atom. The molecule has 0 bridgehead atoms. The van der Waals surface area contributed by atoms with Crippen LogP contribution < -0.4 is 5.32 Å². The maximum atomic E-state index is 13.1. The normalized spacial score (nSPS) is 10.7. The first-order valence-electron chi connectivity index (χ1n) is 7.77. The van der Waals surface area contributed by atoms with E-state index in [-0.39, 0.29) is 24.4 Å². The van der Waals surface area contributed by atoms with Gasteiger partial charge in [-0.3, -0.25) is 4.79 Å². The van der Waals surface area contributed by atoms with Crippen LogP contribution in [0.4, 0.5) is 14.5 Å². The van der Waals surface area contributed by atoms with Crippen LogP contribution in [0.15, 0.2) is 53.1 Å². The minimum Gasteiger partial charge on any atom is -0.441 e. The maximum absolute atomic E-state index is 13.1. The molecule has 1 amide bonds. The lowest BCUT2D eigenvalue weighted by molar-refractivity contribution is -0.116. The molecule has 6 heteroatoms. The van der Waals surface area contributed by atoms with Crippen LogP contribution in [-0.2, 0) is 11.2 Å². The SMILES string of the molecule is Cc1ccc(-c2cnc(CCC(=O)Nc3cc(F)cc(F)c3)o2)cc1. The minimum atomic E-state index is -0.745. The van der Waals surface area contributed by atoms with Crippen LogP contribution >= 0.6 is 0 Å². The van der Waals surface area contributed by atoms with Crippen molar-refractivity contribution in [3.05, 3.63) is 71.8 Å². The second-order valence-corrected chi connectivity index (χ2v) is 5.69. The van der Waals surface area contributed by atoms with Gasteiger partial charge in [-0.2, -0.15) is 0 Å². The summed E-state index contributed by atoms with van der Waals surface area (Å²) in [7, 11) is 0. The fourth-order valence-corrected chi connectivity index (χ4v) is 2.35. The van der Waals surface area contributed by atoms with Gasteiger partial charge in [0.25, 0.3) is 0 Å². The summed E-state index contributed by atoms with van der Waals surface area (Å²) in [5.74, 6) is -0.810. The van der Waals surface area contributed by atoms with Crippen molar-refractivity contribution in [2.75, 3.05) is 5.32 Å². The number of carbonyl (C=O) groups is 1. The molecule has 3 aromatic rings. The molecule has 0 fully saturated rings. The molecule has 4 nitrogen and oxygen atoms in total. The van der Waals surface area contributed by atoms with Crippen LogP contribution in [0.1, 0.15) is 17.9 Å². The Balaban J connectivity index is 1.58. The first kappa shape index (κ1) is 16.8. The number of halogens is 2. The van der Waals surface area contributed by atoms with Gasteiger partial charge in [0.05, 0.1) is 6.20 Å². The third kappa shape index (κ3) is 4.50. The van der Waals surface area contributed by atoms with Crippen LogP contribution in [0.2, 0.25) is 0 Å². The smallest absolute Gasteiger partial charge is 0.224 e. The molecule has 0 unspecified atom stereocenters. The summed E-state index contributed by atoms with van der Waals surface area (Å²) in [4.78, 5) is 16.1. The summed E-state index contributed by atoms with van der Waals surface area (Å²) < 4.78 is 31.8. The number of benzene rings is 2. The van der Waals surface area contributed by atoms with E-state index in [1.54, 1.807) is 6.20 Å². The fourth-order valence-electron chi connectivity index (χ4n) is 2.35. The molecule has 0 aliphatic heterocycles. The molecule has 3 rings (SSSR count). The van der Waals surface area contributed by atoms with Crippen molar-refractivity contribution in [3.63, 3.8) is 0 Å². The van der Waals surface area contributed by atoms with Gasteiger partial charge >= 0.3 is 0 Å².